The molecular weight excluding hydrogens is 514 g/mol. The van der Waals surface area contributed by atoms with Crippen LogP contribution >= 0.6 is 23.2 Å². The molecule has 206 valence electrons. The maximum atomic E-state index is 13.8. The normalized spacial score (nSPS) is 42.6. The van der Waals surface area contributed by atoms with E-state index in [4.69, 9.17) is 37.4 Å². The highest BCUT2D eigenvalue weighted by molar-refractivity contribution is 6.21. The van der Waals surface area contributed by atoms with E-state index in [9.17, 15) is 19.1 Å². The summed E-state index contributed by atoms with van der Waals surface area (Å²) in [5.74, 6) is -0.515. The quantitative estimate of drug-likeness (QED) is 0.380. The van der Waals surface area contributed by atoms with Gasteiger partial charge in [-0.25, -0.2) is 4.39 Å². The Bertz CT molecular complexity index is 784. The second-order valence-corrected chi connectivity index (χ2v) is 12.2. The van der Waals surface area contributed by atoms with Gasteiger partial charge in [0.05, 0.1) is 40.7 Å². The molecule has 6 unspecified atom stereocenters. The average molecular weight is 553 g/mol. The summed E-state index contributed by atoms with van der Waals surface area (Å²) in [7, 11) is 1.63. The topological polar surface area (TPSA) is 106 Å². The first kappa shape index (κ1) is 28.3. The molecule has 5 fully saturated rings. The zero-order valence-corrected chi connectivity index (χ0v) is 22.4. The van der Waals surface area contributed by atoms with Gasteiger partial charge in [-0.2, -0.15) is 0 Å². The number of aliphatic hydroxyl groups excluding tert-OH is 1. The van der Waals surface area contributed by atoms with E-state index < -0.39 is 28.7 Å². The number of ether oxygens (including phenoxy) is 3. The monoisotopic (exact) mass is 552 g/mol. The molecule has 2 amide bonds. The van der Waals surface area contributed by atoms with Crippen molar-refractivity contribution in [1.29, 1.82) is 0 Å². The van der Waals surface area contributed by atoms with Crippen molar-refractivity contribution >= 4 is 35.0 Å². The highest BCUT2D eigenvalue weighted by atomic mass is 35.5. The van der Waals surface area contributed by atoms with E-state index >= 15 is 0 Å². The fraction of sp³-hybridized carbons (Fsp3) is 0.920. The predicted octanol–water partition coefficient (Wildman–Crippen LogP) is 2.74. The summed E-state index contributed by atoms with van der Waals surface area (Å²) in [6, 6.07) is 0. The molecule has 0 aliphatic heterocycles. The van der Waals surface area contributed by atoms with Gasteiger partial charge in [-0.1, -0.05) is 0 Å². The third kappa shape index (κ3) is 6.64. The molecule has 8 nitrogen and oxygen atoms in total. The van der Waals surface area contributed by atoms with Crippen LogP contribution in [0.2, 0.25) is 0 Å². The number of hydrogen-bond acceptors (Lipinski definition) is 6. The highest BCUT2D eigenvalue weighted by Gasteiger charge is 2.55. The predicted molar refractivity (Wildman–Crippen MR) is 133 cm³/mol. The Morgan fingerprint density at radius 3 is 2.08 bits per heavy atom. The Balaban J connectivity index is 1.20. The Labute approximate surface area is 222 Å². The molecule has 5 aliphatic rings. The summed E-state index contributed by atoms with van der Waals surface area (Å²) in [5.41, 5.74) is -1.22. The van der Waals surface area contributed by atoms with E-state index in [1.54, 1.807) is 7.11 Å². The smallest absolute Gasteiger partial charge is 0.246 e. The molecule has 0 aromatic rings. The maximum absolute atomic E-state index is 13.8. The minimum Gasteiger partial charge on any atom is -0.391 e. The van der Waals surface area contributed by atoms with Gasteiger partial charge in [0.2, 0.25) is 11.8 Å². The molecule has 2 bridgehead atoms. The van der Waals surface area contributed by atoms with Crippen LogP contribution in [0.4, 0.5) is 4.39 Å². The van der Waals surface area contributed by atoms with Gasteiger partial charge in [-0.15, -0.1) is 23.2 Å². The molecule has 5 saturated carbocycles. The SMILES string of the molecule is COC1CC(OCC(=O)NC23CCC(NC(=O)COC4CCC(Cl)C(F)C4)(CC2)C[C@@H]3O)CCC1Cl. The van der Waals surface area contributed by atoms with Crippen LogP contribution in [0, 0.1) is 0 Å². The van der Waals surface area contributed by atoms with Crippen molar-refractivity contribution in [2.24, 2.45) is 0 Å². The van der Waals surface area contributed by atoms with Crippen LogP contribution in [0.3, 0.4) is 0 Å². The summed E-state index contributed by atoms with van der Waals surface area (Å²) in [6.45, 7) is -0.218. The fourth-order valence-electron chi connectivity index (χ4n) is 6.34. The third-order valence-electron chi connectivity index (χ3n) is 8.63. The van der Waals surface area contributed by atoms with Crippen molar-refractivity contribution < 1.29 is 33.3 Å². The average Bonchev–Trinajstić information content (AvgIpc) is 2.85. The number of carbonyl (C=O) groups is 2. The zero-order chi connectivity index (χ0) is 25.9. The lowest BCUT2D eigenvalue weighted by atomic mass is 9.60. The molecule has 0 aromatic heterocycles. The molecule has 36 heavy (non-hydrogen) atoms. The molecular formula is C25H39Cl2FN2O6. The summed E-state index contributed by atoms with van der Waals surface area (Å²) >= 11 is 12.2. The van der Waals surface area contributed by atoms with Crippen LogP contribution in [0.15, 0.2) is 0 Å². The number of hydrogen-bond donors (Lipinski definition) is 3. The van der Waals surface area contributed by atoms with Crippen LogP contribution < -0.4 is 10.6 Å². The van der Waals surface area contributed by atoms with Crippen LogP contribution in [0.5, 0.6) is 0 Å². The van der Waals surface area contributed by atoms with E-state index in [-0.39, 0.29) is 55.1 Å². The van der Waals surface area contributed by atoms with Gasteiger partial charge in [0, 0.05) is 25.5 Å². The first-order valence-corrected chi connectivity index (χ1v) is 14.0. The number of alkyl halides is 3. The number of halogens is 3. The number of rotatable bonds is 9. The summed E-state index contributed by atoms with van der Waals surface area (Å²) in [4.78, 5) is 25.3. The van der Waals surface area contributed by atoms with E-state index in [0.717, 1.165) is 12.8 Å². The van der Waals surface area contributed by atoms with Gasteiger partial charge >= 0.3 is 0 Å². The lowest BCUT2D eigenvalue weighted by Gasteiger charge is -2.56. The van der Waals surface area contributed by atoms with Crippen molar-refractivity contribution in [3.05, 3.63) is 0 Å². The number of methoxy groups -OCH3 is 1. The molecule has 3 N–H and O–H groups in total. The molecule has 7 atom stereocenters. The zero-order valence-electron chi connectivity index (χ0n) is 20.9. The lowest BCUT2D eigenvalue weighted by molar-refractivity contribution is -0.142. The van der Waals surface area contributed by atoms with Gasteiger partial charge in [0.25, 0.3) is 0 Å². The summed E-state index contributed by atoms with van der Waals surface area (Å²) in [6.07, 6.45) is 4.01. The van der Waals surface area contributed by atoms with Gasteiger partial charge in [-0.05, 0) is 57.8 Å². The largest absolute Gasteiger partial charge is 0.391 e. The minimum absolute atomic E-state index is 0.0390. The highest BCUT2D eigenvalue weighted by Crippen LogP contribution is 2.47. The summed E-state index contributed by atoms with van der Waals surface area (Å²) < 4.78 is 30.7. The molecule has 5 rings (SSSR count). The second-order valence-electron chi connectivity index (χ2n) is 11.1. The van der Waals surface area contributed by atoms with Crippen LogP contribution in [-0.4, -0.2) is 89.7 Å². The molecule has 0 aromatic carbocycles. The number of nitrogens with one attached hydrogen (secondary N) is 2. The lowest BCUT2D eigenvalue weighted by Crippen LogP contribution is -2.70. The van der Waals surface area contributed by atoms with Crippen molar-refractivity contribution in [3.8, 4) is 0 Å². The molecule has 5 aliphatic carbocycles. The first-order valence-electron chi connectivity index (χ1n) is 13.1. The molecule has 0 radical (unpaired) electrons. The van der Waals surface area contributed by atoms with E-state index in [1.807, 2.05) is 0 Å². The second kappa shape index (κ2) is 12.0. The first-order chi connectivity index (χ1) is 17.1. The Morgan fingerprint density at radius 2 is 1.50 bits per heavy atom. The Morgan fingerprint density at radius 1 is 0.917 bits per heavy atom. The van der Waals surface area contributed by atoms with Crippen molar-refractivity contribution in [2.75, 3.05) is 20.3 Å². The fourth-order valence-corrected chi connectivity index (χ4v) is 6.90. The van der Waals surface area contributed by atoms with Crippen LogP contribution in [0.1, 0.15) is 70.6 Å². The molecule has 0 spiro atoms. The minimum atomic E-state index is -1.12. The Hall–Kier alpha value is -0.710. The van der Waals surface area contributed by atoms with Crippen molar-refractivity contribution in [3.63, 3.8) is 0 Å². The van der Waals surface area contributed by atoms with Crippen molar-refractivity contribution in [2.45, 2.75) is 123 Å². The maximum Gasteiger partial charge on any atom is 0.246 e. The number of fused-ring (bicyclic) bond motifs is 3. The standard InChI is InChI=1S/C25H39Cl2FN2O6/c1-34-20-11-16(3-5-18(20)27)36-14-23(33)30-25-8-6-24(7-9-25,12-21(25)31)29-22(32)13-35-15-2-4-17(26)19(28)10-15/h15-21,31H,2-14H2,1H3,(H,29,32)(H,30,33)/t15?,16?,17?,18?,19?,20?,21-,24?,25?/m0/s1. The number of aliphatic hydroxyl groups is 1. The van der Waals surface area contributed by atoms with Gasteiger partial charge < -0.3 is 30.0 Å². The number of carbonyl (C=O) groups excluding carboxylic acids is 2. The number of amides is 2. The van der Waals surface area contributed by atoms with E-state index in [0.29, 0.717) is 51.4 Å². The molecule has 0 heterocycles. The van der Waals surface area contributed by atoms with E-state index in [2.05, 4.69) is 10.6 Å². The van der Waals surface area contributed by atoms with E-state index in [1.165, 1.54) is 0 Å². The van der Waals surface area contributed by atoms with Crippen molar-refractivity contribution in [1.82, 2.24) is 10.6 Å². The Kier molecular flexibility index (Phi) is 9.43. The van der Waals surface area contributed by atoms with Crippen LogP contribution in [-0.2, 0) is 23.8 Å². The molecule has 0 saturated heterocycles. The third-order valence-corrected chi connectivity index (χ3v) is 9.62. The molecule has 11 heteroatoms. The van der Waals surface area contributed by atoms with Gasteiger partial charge in [0.1, 0.15) is 19.4 Å². The van der Waals surface area contributed by atoms with Gasteiger partial charge in [0.15, 0.2) is 0 Å². The van der Waals surface area contributed by atoms with Gasteiger partial charge in [-0.3, -0.25) is 9.59 Å². The van der Waals surface area contributed by atoms with Crippen LogP contribution in [0.25, 0.3) is 0 Å². The summed E-state index contributed by atoms with van der Waals surface area (Å²) in [5, 5.41) is 16.5.